The van der Waals surface area contributed by atoms with Crippen LogP contribution in [0, 0.1) is 23.6 Å². The minimum Gasteiger partial charge on any atom is -0.207 e. The summed E-state index contributed by atoms with van der Waals surface area (Å²) in [5.41, 5.74) is -0.406. The smallest absolute Gasteiger partial charge is 0.207 e. The van der Waals surface area contributed by atoms with E-state index in [0.717, 1.165) is 49.5 Å². The molecule has 0 saturated heterocycles. The lowest BCUT2D eigenvalue weighted by molar-refractivity contribution is -0.137. The maximum atomic E-state index is 14.4. The number of benzene rings is 1. The van der Waals surface area contributed by atoms with Gasteiger partial charge < -0.3 is 0 Å². The van der Waals surface area contributed by atoms with Gasteiger partial charge in [0.2, 0.25) is 0 Å². The van der Waals surface area contributed by atoms with Crippen molar-refractivity contribution < 1.29 is 17.6 Å². The van der Waals surface area contributed by atoms with E-state index in [9.17, 15) is 17.6 Å². The van der Waals surface area contributed by atoms with E-state index in [1.807, 2.05) is 0 Å². The van der Waals surface area contributed by atoms with Crippen molar-refractivity contribution in [2.45, 2.75) is 128 Å². The molecular formula is C29H44F4. The molecule has 0 N–H and O–H groups in total. The first-order chi connectivity index (χ1) is 15.9. The largest absolute Gasteiger partial charge is 0.416 e. The summed E-state index contributed by atoms with van der Waals surface area (Å²) in [5.74, 6) is 1.83. The van der Waals surface area contributed by atoms with Crippen LogP contribution < -0.4 is 0 Å². The Morgan fingerprint density at radius 3 is 1.82 bits per heavy atom. The summed E-state index contributed by atoms with van der Waals surface area (Å²) in [6.07, 6.45) is 17.5. The predicted molar refractivity (Wildman–Crippen MR) is 129 cm³/mol. The van der Waals surface area contributed by atoms with Crippen molar-refractivity contribution >= 4 is 0 Å². The highest BCUT2D eigenvalue weighted by molar-refractivity contribution is 5.29. The van der Waals surface area contributed by atoms with Crippen LogP contribution in [0.15, 0.2) is 18.2 Å². The molecular weight excluding hydrogens is 424 g/mol. The van der Waals surface area contributed by atoms with Gasteiger partial charge in [0.15, 0.2) is 0 Å². The first-order valence-corrected chi connectivity index (χ1v) is 13.7. The lowest BCUT2D eigenvalue weighted by Gasteiger charge is -2.38. The summed E-state index contributed by atoms with van der Waals surface area (Å²) in [6.45, 7) is 2.27. The molecule has 2 aliphatic carbocycles. The zero-order valence-electron chi connectivity index (χ0n) is 20.6. The van der Waals surface area contributed by atoms with Gasteiger partial charge in [-0.1, -0.05) is 83.6 Å². The molecule has 4 heteroatoms. The molecule has 0 aromatic heterocycles. The van der Waals surface area contributed by atoms with Gasteiger partial charge in [0.25, 0.3) is 0 Å². The molecule has 0 radical (unpaired) electrons. The Hall–Kier alpha value is -1.06. The fourth-order valence-corrected chi connectivity index (χ4v) is 6.45. The van der Waals surface area contributed by atoms with E-state index in [-0.39, 0.29) is 5.92 Å². The van der Waals surface area contributed by atoms with Crippen molar-refractivity contribution in [3.8, 4) is 0 Å². The Morgan fingerprint density at radius 2 is 1.27 bits per heavy atom. The topological polar surface area (TPSA) is 0 Å². The molecule has 0 nitrogen and oxygen atoms in total. The van der Waals surface area contributed by atoms with Crippen LogP contribution in [0.2, 0.25) is 0 Å². The molecule has 0 aliphatic heterocycles. The van der Waals surface area contributed by atoms with Crippen LogP contribution in [0.4, 0.5) is 17.6 Å². The van der Waals surface area contributed by atoms with Crippen LogP contribution in [0.25, 0.3) is 0 Å². The highest BCUT2D eigenvalue weighted by Crippen LogP contribution is 2.45. The minimum absolute atomic E-state index is 0.0712. The molecule has 3 rings (SSSR count). The second-order valence-corrected chi connectivity index (χ2v) is 10.9. The second kappa shape index (κ2) is 13.1. The molecule has 0 heterocycles. The molecule has 0 amide bonds. The SMILES string of the molecule is CCCCCCCCCCC1CCC(C2CCC(c3ccc(C(F)(F)F)cc3F)CC2)CC1. The number of unbranched alkanes of at least 4 members (excludes halogenated alkanes) is 7. The Kier molecular flexibility index (Phi) is 10.6. The Bertz CT molecular complexity index is 679. The van der Waals surface area contributed by atoms with Crippen molar-refractivity contribution in [3.05, 3.63) is 35.1 Å². The normalized spacial score (nSPS) is 26.5. The molecule has 0 atom stereocenters. The van der Waals surface area contributed by atoms with E-state index < -0.39 is 17.6 Å². The van der Waals surface area contributed by atoms with E-state index in [0.29, 0.717) is 11.6 Å². The summed E-state index contributed by atoms with van der Waals surface area (Å²) >= 11 is 0. The molecule has 2 aliphatic rings. The maximum Gasteiger partial charge on any atom is 0.416 e. The van der Waals surface area contributed by atoms with E-state index >= 15 is 0 Å². The number of hydrogen-bond acceptors (Lipinski definition) is 0. The number of halogens is 4. The number of rotatable bonds is 11. The van der Waals surface area contributed by atoms with Crippen LogP contribution in [-0.2, 0) is 6.18 Å². The van der Waals surface area contributed by atoms with Crippen molar-refractivity contribution in [1.29, 1.82) is 0 Å². The lowest BCUT2D eigenvalue weighted by Crippen LogP contribution is -2.25. The molecule has 188 valence electrons. The summed E-state index contributed by atoms with van der Waals surface area (Å²) < 4.78 is 52.8. The van der Waals surface area contributed by atoms with Crippen LogP contribution >= 0.6 is 0 Å². The van der Waals surface area contributed by atoms with Gasteiger partial charge in [-0.3, -0.25) is 0 Å². The third-order valence-electron chi connectivity index (χ3n) is 8.56. The molecule has 2 saturated carbocycles. The summed E-state index contributed by atoms with van der Waals surface area (Å²) in [4.78, 5) is 0. The third kappa shape index (κ3) is 8.28. The van der Waals surface area contributed by atoms with Gasteiger partial charge in [-0.15, -0.1) is 0 Å². The predicted octanol–water partition coefficient (Wildman–Crippen LogP) is 10.5. The van der Waals surface area contributed by atoms with Crippen molar-refractivity contribution in [3.63, 3.8) is 0 Å². The van der Waals surface area contributed by atoms with E-state index in [1.165, 1.54) is 89.5 Å². The average Bonchev–Trinajstić information content (AvgIpc) is 2.81. The zero-order chi connectivity index (χ0) is 23.7. The monoisotopic (exact) mass is 468 g/mol. The Balaban J connectivity index is 1.32. The van der Waals surface area contributed by atoms with Gasteiger partial charge >= 0.3 is 6.18 Å². The van der Waals surface area contributed by atoms with Gasteiger partial charge in [0.05, 0.1) is 5.56 Å². The quantitative estimate of drug-likeness (QED) is 0.224. The van der Waals surface area contributed by atoms with Gasteiger partial charge in [-0.25, -0.2) is 4.39 Å². The van der Waals surface area contributed by atoms with Gasteiger partial charge in [-0.05, 0) is 79.9 Å². The van der Waals surface area contributed by atoms with Crippen LogP contribution in [0.5, 0.6) is 0 Å². The van der Waals surface area contributed by atoms with Crippen LogP contribution in [0.3, 0.4) is 0 Å². The van der Waals surface area contributed by atoms with Crippen molar-refractivity contribution in [1.82, 2.24) is 0 Å². The summed E-state index contributed by atoms with van der Waals surface area (Å²) in [7, 11) is 0. The van der Waals surface area contributed by atoms with Gasteiger partial charge in [0, 0.05) is 0 Å². The lowest BCUT2D eigenvalue weighted by atomic mass is 9.68. The van der Waals surface area contributed by atoms with Gasteiger partial charge in [0.1, 0.15) is 5.82 Å². The first-order valence-electron chi connectivity index (χ1n) is 13.7. The highest BCUT2D eigenvalue weighted by Gasteiger charge is 2.34. The Morgan fingerprint density at radius 1 is 0.727 bits per heavy atom. The average molecular weight is 469 g/mol. The van der Waals surface area contributed by atoms with Gasteiger partial charge in [-0.2, -0.15) is 13.2 Å². The third-order valence-corrected chi connectivity index (χ3v) is 8.56. The van der Waals surface area contributed by atoms with Crippen LogP contribution in [0.1, 0.15) is 133 Å². The van der Waals surface area contributed by atoms with E-state index in [1.54, 1.807) is 0 Å². The highest BCUT2D eigenvalue weighted by atomic mass is 19.4. The second-order valence-electron chi connectivity index (χ2n) is 10.9. The molecule has 0 unspecified atom stereocenters. The maximum absolute atomic E-state index is 14.4. The molecule has 33 heavy (non-hydrogen) atoms. The van der Waals surface area contributed by atoms with E-state index in [4.69, 9.17) is 0 Å². The summed E-state index contributed by atoms with van der Waals surface area (Å²) in [5, 5.41) is 0. The first kappa shape index (κ1) is 26.5. The number of hydrogen-bond donors (Lipinski definition) is 0. The molecule has 1 aromatic rings. The van der Waals surface area contributed by atoms with E-state index in [2.05, 4.69) is 6.92 Å². The van der Waals surface area contributed by atoms with Crippen molar-refractivity contribution in [2.75, 3.05) is 0 Å². The molecule has 0 bridgehead atoms. The van der Waals surface area contributed by atoms with Crippen LogP contribution in [-0.4, -0.2) is 0 Å². The van der Waals surface area contributed by atoms with Crippen molar-refractivity contribution in [2.24, 2.45) is 17.8 Å². The minimum atomic E-state index is -4.48. The summed E-state index contributed by atoms with van der Waals surface area (Å²) in [6, 6.07) is 3.09. The molecule has 0 spiro atoms. The fraction of sp³-hybridized carbons (Fsp3) is 0.793. The standard InChI is InChI=1S/C29H44F4/c1-2-3-4-5-6-7-8-9-10-22-11-13-23(14-12-22)24-15-17-25(18-16-24)27-20-19-26(21-28(27)30)29(31,32)33/h19-25H,2-18H2,1H3. The Labute approximate surface area is 198 Å². The molecule has 1 aromatic carbocycles. The molecule has 2 fully saturated rings. The number of alkyl halides is 3. The fourth-order valence-electron chi connectivity index (χ4n) is 6.45. The zero-order valence-corrected chi connectivity index (χ0v) is 20.6.